The third-order valence-corrected chi connectivity index (χ3v) is 6.87. The molecule has 158 valence electrons. The van der Waals surface area contributed by atoms with Gasteiger partial charge in [0.1, 0.15) is 0 Å². The number of piperidine rings is 1. The predicted octanol–water partition coefficient (Wildman–Crippen LogP) is 4.82. The van der Waals surface area contributed by atoms with Crippen LogP contribution in [0.3, 0.4) is 0 Å². The van der Waals surface area contributed by atoms with Crippen LogP contribution in [0.2, 0.25) is 10.0 Å². The number of halogens is 2. The Bertz CT molecular complexity index is 937. The van der Waals surface area contributed by atoms with E-state index >= 15 is 0 Å². The summed E-state index contributed by atoms with van der Waals surface area (Å²) in [4.78, 5) is 28.4. The van der Waals surface area contributed by atoms with Crippen molar-refractivity contribution in [2.24, 2.45) is 5.29 Å². The lowest BCUT2D eigenvalue weighted by atomic mass is 9.86. The van der Waals surface area contributed by atoms with Gasteiger partial charge >= 0.3 is 0 Å². The molecule has 0 radical (unpaired) electrons. The molecule has 0 bridgehead atoms. The smallest absolute Gasteiger partial charge is 0.255 e. The van der Waals surface area contributed by atoms with Crippen LogP contribution in [-0.2, 0) is 0 Å². The largest absolute Gasteiger partial charge is 0.336 e. The number of anilines is 1. The van der Waals surface area contributed by atoms with E-state index in [0.717, 1.165) is 36.0 Å². The number of benzene rings is 2. The first-order valence-electron chi connectivity index (χ1n) is 10.1. The van der Waals surface area contributed by atoms with E-state index in [9.17, 15) is 9.70 Å². The zero-order chi connectivity index (χ0) is 21.3. The van der Waals surface area contributed by atoms with Gasteiger partial charge in [0.2, 0.25) is 0 Å². The number of rotatable bonds is 4. The number of hydrogen-bond donors (Lipinski definition) is 0. The molecule has 2 heterocycles. The highest BCUT2D eigenvalue weighted by molar-refractivity contribution is 6.36. The Morgan fingerprint density at radius 2 is 1.83 bits per heavy atom. The second-order valence-electron chi connectivity index (χ2n) is 7.97. The summed E-state index contributed by atoms with van der Waals surface area (Å²) < 4.78 is 0. The summed E-state index contributed by atoms with van der Waals surface area (Å²) in [5, 5.41) is 5.04. The highest BCUT2D eigenvalue weighted by Crippen LogP contribution is 2.34. The Balaban J connectivity index is 1.44. The van der Waals surface area contributed by atoms with Crippen molar-refractivity contribution in [3.8, 4) is 0 Å². The number of piperazine rings is 1. The van der Waals surface area contributed by atoms with Crippen molar-refractivity contribution in [1.82, 2.24) is 9.80 Å². The number of amides is 1. The molecule has 4 rings (SSSR count). The van der Waals surface area contributed by atoms with Gasteiger partial charge in [-0.3, -0.25) is 9.69 Å². The second kappa shape index (κ2) is 8.92. The molecule has 2 aliphatic heterocycles. The predicted molar refractivity (Wildman–Crippen MR) is 120 cm³/mol. The van der Waals surface area contributed by atoms with Gasteiger partial charge in [-0.05, 0) is 48.6 Å². The van der Waals surface area contributed by atoms with Gasteiger partial charge in [0, 0.05) is 44.3 Å². The summed E-state index contributed by atoms with van der Waals surface area (Å²) in [7, 11) is 1.51. The molecule has 0 aromatic heterocycles. The van der Waals surface area contributed by atoms with Crippen LogP contribution >= 0.6 is 23.2 Å². The summed E-state index contributed by atoms with van der Waals surface area (Å²) in [6, 6.07) is 13.6. The Kier molecular flexibility index (Phi) is 6.27. The van der Waals surface area contributed by atoms with Gasteiger partial charge < -0.3 is 4.90 Å². The molecule has 2 unspecified atom stereocenters. The van der Waals surface area contributed by atoms with Crippen LogP contribution in [0.1, 0.15) is 34.7 Å². The van der Waals surface area contributed by atoms with E-state index in [1.54, 1.807) is 18.2 Å². The molecule has 30 heavy (non-hydrogen) atoms. The number of nitroso groups, excluding NO2 is 1. The molecule has 2 aromatic carbocycles. The van der Waals surface area contributed by atoms with Gasteiger partial charge in [-0.15, -0.1) is 4.91 Å². The second-order valence-corrected chi connectivity index (χ2v) is 8.78. The molecule has 2 atom stereocenters. The molecule has 2 fully saturated rings. The number of carbonyl (C=O) groups is 1. The number of nitrogens with zero attached hydrogens (tertiary/aromatic N) is 4. The van der Waals surface area contributed by atoms with Gasteiger partial charge in [0.15, 0.2) is 0 Å². The summed E-state index contributed by atoms with van der Waals surface area (Å²) in [5.41, 5.74) is 2.17. The maximum Gasteiger partial charge on any atom is 0.255 e. The Morgan fingerprint density at radius 1 is 1.07 bits per heavy atom. The number of carbonyl (C=O) groups excluding carboxylic acids is 1. The number of hydrogen-bond acceptors (Lipinski definition) is 4. The fourth-order valence-corrected chi connectivity index (χ4v) is 4.97. The monoisotopic (exact) mass is 446 g/mol. The van der Waals surface area contributed by atoms with Gasteiger partial charge in [-0.2, -0.15) is 0 Å². The van der Waals surface area contributed by atoms with Gasteiger partial charge in [0.05, 0.1) is 21.6 Å². The summed E-state index contributed by atoms with van der Waals surface area (Å²) in [6.45, 7) is 3.19. The third kappa shape index (κ3) is 4.17. The van der Waals surface area contributed by atoms with Crippen molar-refractivity contribution in [2.45, 2.75) is 24.8 Å². The summed E-state index contributed by atoms with van der Waals surface area (Å²) in [6.07, 6.45) is 2.14. The zero-order valence-electron chi connectivity index (χ0n) is 16.8. The molecule has 0 N–H and O–H groups in total. The SMILES string of the molecule is CN(N=O)c1cccc(C(=O)N2CCN3CC(c4ccc(Cl)cc4)CCC3C2)c1Cl. The lowest BCUT2D eigenvalue weighted by Crippen LogP contribution is -2.57. The molecule has 2 saturated heterocycles. The highest BCUT2D eigenvalue weighted by atomic mass is 35.5. The quantitative estimate of drug-likeness (QED) is 0.499. The maximum atomic E-state index is 13.2. The van der Waals surface area contributed by atoms with E-state index in [4.69, 9.17) is 23.2 Å². The lowest BCUT2D eigenvalue weighted by molar-refractivity contribution is 0.0329. The standard InChI is InChI=1S/C22H24Cl2N4O2/c1-26(25-30)20-4-2-3-19(21(20)24)22(29)28-12-11-27-13-16(7-10-18(27)14-28)15-5-8-17(23)9-6-15/h2-6,8-9,16,18H,7,10-14H2,1H3. The topological polar surface area (TPSA) is 56.2 Å². The van der Waals surface area contributed by atoms with Crippen LogP contribution in [0.25, 0.3) is 0 Å². The molecule has 2 aromatic rings. The normalized spacial score (nSPS) is 21.8. The summed E-state index contributed by atoms with van der Waals surface area (Å²) in [5.74, 6) is 0.402. The van der Waals surface area contributed by atoms with Crippen molar-refractivity contribution in [3.63, 3.8) is 0 Å². The lowest BCUT2D eigenvalue weighted by Gasteiger charge is -2.46. The molecule has 0 spiro atoms. The first-order valence-corrected chi connectivity index (χ1v) is 10.9. The van der Waals surface area contributed by atoms with E-state index < -0.39 is 0 Å². The average Bonchev–Trinajstić information content (AvgIpc) is 2.78. The molecular formula is C22H24Cl2N4O2. The minimum absolute atomic E-state index is 0.0966. The van der Waals surface area contributed by atoms with E-state index in [1.807, 2.05) is 17.0 Å². The minimum atomic E-state index is -0.0966. The summed E-state index contributed by atoms with van der Waals surface area (Å²) >= 11 is 12.4. The molecule has 2 aliphatic rings. The van der Waals surface area contributed by atoms with Crippen LogP contribution in [0.4, 0.5) is 5.69 Å². The van der Waals surface area contributed by atoms with Crippen molar-refractivity contribution < 1.29 is 4.79 Å². The van der Waals surface area contributed by atoms with Crippen molar-refractivity contribution in [1.29, 1.82) is 0 Å². The molecule has 6 nitrogen and oxygen atoms in total. The Hall–Kier alpha value is -2.15. The molecule has 0 saturated carbocycles. The Labute approximate surface area is 186 Å². The van der Waals surface area contributed by atoms with Crippen molar-refractivity contribution >= 4 is 34.8 Å². The highest BCUT2D eigenvalue weighted by Gasteiger charge is 2.35. The van der Waals surface area contributed by atoms with E-state index in [-0.39, 0.29) is 10.9 Å². The maximum absolute atomic E-state index is 13.2. The first-order chi connectivity index (χ1) is 14.5. The van der Waals surface area contributed by atoms with Crippen LogP contribution in [-0.4, -0.2) is 55.0 Å². The van der Waals surface area contributed by atoms with Gasteiger partial charge in [-0.1, -0.05) is 41.4 Å². The van der Waals surface area contributed by atoms with Crippen molar-refractivity contribution in [3.05, 3.63) is 68.5 Å². The van der Waals surface area contributed by atoms with Gasteiger partial charge in [-0.25, -0.2) is 5.01 Å². The van der Waals surface area contributed by atoms with E-state index in [2.05, 4.69) is 22.3 Å². The Morgan fingerprint density at radius 3 is 2.57 bits per heavy atom. The van der Waals surface area contributed by atoms with Crippen LogP contribution < -0.4 is 5.01 Å². The van der Waals surface area contributed by atoms with Gasteiger partial charge in [0.25, 0.3) is 5.91 Å². The van der Waals surface area contributed by atoms with Crippen LogP contribution in [0.5, 0.6) is 0 Å². The minimum Gasteiger partial charge on any atom is -0.336 e. The fraction of sp³-hybridized carbons (Fsp3) is 0.409. The number of fused-ring (bicyclic) bond motifs is 1. The fourth-order valence-electron chi connectivity index (χ4n) is 4.52. The molecular weight excluding hydrogens is 423 g/mol. The van der Waals surface area contributed by atoms with E-state index in [0.29, 0.717) is 36.3 Å². The van der Waals surface area contributed by atoms with Crippen LogP contribution in [0, 0.1) is 4.91 Å². The third-order valence-electron chi connectivity index (χ3n) is 6.22. The zero-order valence-corrected chi connectivity index (χ0v) is 18.3. The molecule has 1 amide bonds. The van der Waals surface area contributed by atoms with Crippen LogP contribution in [0.15, 0.2) is 47.8 Å². The van der Waals surface area contributed by atoms with E-state index in [1.165, 1.54) is 12.6 Å². The molecule has 0 aliphatic carbocycles. The molecule has 8 heteroatoms. The van der Waals surface area contributed by atoms with Crippen molar-refractivity contribution in [2.75, 3.05) is 38.2 Å². The first kappa shape index (κ1) is 21.1. The average molecular weight is 447 g/mol.